The molecule has 0 fully saturated rings. The molecule has 11 aromatic rings. The summed E-state index contributed by atoms with van der Waals surface area (Å²) in [5.74, 6) is 0. The van der Waals surface area contributed by atoms with Gasteiger partial charge in [0.05, 0.1) is 57.5 Å². The van der Waals surface area contributed by atoms with E-state index in [2.05, 4.69) is 139 Å². The quantitative estimate of drug-likeness (QED) is 0.167. The van der Waals surface area contributed by atoms with E-state index in [9.17, 15) is 5.26 Å². The number of para-hydroxylation sites is 5. The predicted molar refractivity (Wildman–Crippen MR) is 232 cm³/mol. The molecular weight excluding hydrogens is 697 g/mol. The minimum atomic E-state index is 0.498. The van der Waals surface area contributed by atoms with Crippen molar-refractivity contribution >= 4 is 76.8 Å². The molecule has 0 saturated heterocycles. The van der Waals surface area contributed by atoms with Gasteiger partial charge < -0.3 is 13.7 Å². The molecule has 0 N–H and O–H groups in total. The minimum absolute atomic E-state index is 0.498. The fourth-order valence-electron chi connectivity index (χ4n) is 8.90. The van der Waals surface area contributed by atoms with Crippen LogP contribution in [0.2, 0.25) is 0 Å². The minimum Gasteiger partial charge on any atom is -0.310 e. The van der Waals surface area contributed by atoms with Crippen LogP contribution in [0.4, 0.5) is 11.4 Å². The third-order valence-corrected chi connectivity index (χ3v) is 11.3. The van der Waals surface area contributed by atoms with Gasteiger partial charge in [0.2, 0.25) is 0 Å². The zero-order valence-corrected chi connectivity index (χ0v) is 30.3. The third kappa shape index (κ3) is 4.68. The van der Waals surface area contributed by atoms with Gasteiger partial charge in [-0.15, -0.1) is 0 Å². The Kier molecular flexibility index (Phi) is 6.95. The van der Waals surface area contributed by atoms with Gasteiger partial charge in [-0.2, -0.15) is 5.26 Å². The van der Waals surface area contributed by atoms with Crippen LogP contribution in [0.3, 0.4) is 0 Å². The maximum atomic E-state index is 10.8. The Morgan fingerprint density at radius 3 is 1.47 bits per heavy atom. The van der Waals surface area contributed by atoms with Gasteiger partial charge in [-0.25, -0.2) is 9.69 Å². The SMILES string of the molecule is [C-]#[N+]c1cc(-c2cccc(C#N)c2-n2c3ccc([N+]#[C-])cc3c3cc(-n4c5ccccc5c5ccccc54)ccc32)cc(-n2c3ccccc3c3ccccc32)c1. The van der Waals surface area contributed by atoms with Gasteiger partial charge in [0.25, 0.3) is 0 Å². The van der Waals surface area contributed by atoms with Gasteiger partial charge in [0.1, 0.15) is 6.07 Å². The molecular formula is C51H28N6. The lowest BCUT2D eigenvalue weighted by molar-refractivity contribution is 1.16. The molecule has 0 amide bonds. The van der Waals surface area contributed by atoms with Crippen molar-refractivity contribution in [3.8, 4) is 34.3 Å². The van der Waals surface area contributed by atoms with Crippen molar-refractivity contribution in [3.63, 3.8) is 0 Å². The molecule has 6 heteroatoms. The van der Waals surface area contributed by atoms with Crippen LogP contribution in [0.25, 0.3) is 103 Å². The van der Waals surface area contributed by atoms with E-state index in [1.54, 1.807) is 0 Å². The third-order valence-electron chi connectivity index (χ3n) is 11.3. The highest BCUT2D eigenvalue weighted by molar-refractivity contribution is 6.14. The number of fused-ring (bicyclic) bond motifs is 9. The number of nitrogens with zero attached hydrogens (tertiary/aromatic N) is 6. The maximum Gasteiger partial charge on any atom is 0.189 e. The van der Waals surface area contributed by atoms with Crippen LogP contribution in [0, 0.1) is 24.5 Å². The summed E-state index contributed by atoms with van der Waals surface area (Å²) < 4.78 is 6.68. The van der Waals surface area contributed by atoms with Crippen molar-refractivity contribution in [2.24, 2.45) is 0 Å². The molecule has 0 radical (unpaired) electrons. The van der Waals surface area contributed by atoms with Crippen LogP contribution >= 0.6 is 0 Å². The fraction of sp³-hybridized carbons (Fsp3) is 0. The Bertz CT molecular complexity index is 3520. The molecule has 0 bridgehead atoms. The summed E-state index contributed by atoms with van der Waals surface area (Å²) in [5.41, 5.74) is 11.9. The van der Waals surface area contributed by atoms with Crippen LogP contribution in [0.5, 0.6) is 0 Å². The summed E-state index contributed by atoms with van der Waals surface area (Å²) in [6.45, 7) is 16.1. The molecule has 0 atom stereocenters. The Balaban J connectivity index is 1.20. The van der Waals surface area contributed by atoms with Crippen molar-refractivity contribution in [1.29, 1.82) is 5.26 Å². The molecule has 0 unspecified atom stereocenters. The molecule has 6 nitrogen and oxygen atoms in total. The standard InChI is InChI=1S/C51H28N6/c1-53-34-22-24-49-43(29-34)44-30-36(55-45-18-7-3-13-39(45)40-14-4-8-19-46(40)55)23-25-50(44)57(49)51-32(31-52)12-11-17-38(51)33-26-35(54-2)28-37(27-33)56-47-20-9-5-15-41(47)42-16-6-10-21-48(42)56/h3-30H. The largest absolute Gasteiger partial charge is 0.310 e. The number of rotatable bonds is 4. The lowest BCUT2D eigenvalue weighted by atomic mass is 9.98. The summed E-state index contributed by atoms with van der Waals surface area (Å²) in [4.78, 5) is 7.76. The van der Waals surface area contributed by atoms with Gasteiger partial charge >= 0.3 is 0 Å². The number of hydrogen-bond donors (Lipinski definition) is 0. The smallest absolute Gasteiger partial charge is 0.189 e. The normalized spacial score (nSPS) is 11.5. The fourth-order valence-corrected chi connectivity index (χ4v) is 8.90. The first kappa shape index (κ1) is 32.1. The molecule has 0 spiro atoms. The van der Waals surface area contributed by atoms with Gasteiger partial charge in [-0.3, -0.25) is 0 Å². The van der Waals surface area contributed by atoms with Crippen molar-refractivity contribution in [3.05, 3.63) is 198 Å². The average molecular weight is 725 g/mol. The van der Waals surface area contributed by atoms with E-state index in [4.69, 9.17) is 13.1 Å². The lowest BCUT2D eigenvalue weighted by Gasteiger charge is -2.18. The van der Waals surface area contributed by atoms with E-state index in [-0.39, 0.29) is 0 Å². The van der Waals surface area contributed by atoms with Crippen LogP contribution in [-0.2, 0) is 0 Å². The first-order valence-electron chi connectivity index (χ1n) is 18.6. The topological polar surface area (TPSA) is 47.3 Å². The van der Waals surface area contributed by atoms with Gasteiger partial charge in [-0.05, 0) is 89.8 Å². The maximum absolute atomic E-state index is 10.8. The molecule has 262 valence electrons. The van der Waals surface area contributed by atoms with Crippen LogP contribution in [0.15, 0.2) is 170 Å². The summed E-state index contributed by atoms with van der Waals surface area (Å²) in [6.07, 6.45) is 0. The molecule has 0 aliphatic rings. The van der Waals surface area contributed by atoms with Gasteiger partial charge in [0.15, 0.2) is 11.4 Å². The lowest BCUT2D eigenvalue weighted by Crippen LogP contribution is -2.02. The molecule has 57 heavy (non-hydrogen) atoms. The highest BCUT2D eigenvalue weighted by Gasteiger charge is 2.22. The van der Waals surface area contributed by atoms with Crippen LogP contribution in [-0.4, -0.2) is 13.7 Å². The predicted octanol–water partition coefficient (Wildman–Crippen LogP) is 13.6. The zero-order valence-electron chi connectivity index (χ0n) is 30.3. The Morgan fingerprint density at radius 1 is 0.404 bits per heavy atom. The summed E-state index contributed by atoms with van der Waals surface area (Å²) in [5, 5.41) is 17.3. The van der Waals surface area contributed by atoms with Crippen molar-refractivity contribution < 1.29 is 0 Å². The molecule has 8 aromatic carbocycles. The van der Waals surface area contributed by atoms with E-state index in [1.807, 2.05) is 60.7 Å². The monoisotopic (exact) mass is 724 g/mol. The first-order chi connectivity index (χ1) is 28.1. The van der Waals surface area contributed by atoms with Crippen LogP contribution < -0.4 is 0 Å². The number of nitriles is 1. The van der Waals surface area contributed by atoms with Crippen LogP contribution in [0.1, 0.15) is 5.56 Å². The Morgan fingerprint density at radius 2 is 0.912 bits per heavy atom. The second-order valence-electron chi connectivity index (χ2n) is 14.3. The highest BCUT2D eigenvalue weighted by atomic mass is 15.0. The van der Waals surface area contributed by atoms with E-state index >= 15 is 0 Å². The molecule has 3 heterocycles. The molecule has 0 saturated carbocycles. The number of hydrogen-bond acceptors (Lipinski definition) is 1. The Hall–Kier alpha value is -8.37. The van der Waals surface area contributed by atoms with E-state index in [1.165, 1.54) is 10.8 Å². The average Bonchev–Trinajstić information content (AvgIpc) is 3.91. The Labute approximate surface area is 327 Å². The first-order valence-corrected chi connectivity index (χ1v) is 18.6. The second kappa shape index (κ2) is 12.3. The van der Waals surface area contributed by atoms with E-state index in [0.717, 1.165) is 82.8 Å². The van der Waals surface area contributed by atoms with Gasteiger partial charge in [0, 0.05) is 43.9 Å². The zero-order chi connectivity index (χ0) is 38.2. The summed E-state index contributed by atoms with van der Waals surface area (Å²) in [6, 6.07) is 60.1. The number of benzene rings is 8. The van der Waals surface area contributed by atoms with Crippen molar-refractivity contribution in [2.45, 2.75) is 0 Å². The summed E-state index contributed by atoms with van der Waals surface area (Å²) >= 11 is 0. The van der Waals surface area contributed by atoms with Crippen molar-refractivity contribution in [1.82, 2.24) is 13.7 Å². The van der Waals surface area contributed by atoms with Gasteiger partial charge in [-0.1, -0.05) is 91.0 Å². The highest BCUT2D eigenvalue weighted by Crippen LogP contribution is 2.43. The molecule has 11 rings (SSSR count). The second-order valence-corrected chi connectivity index (χ2v) is 14.3. The molecule has 0 aliphatic heterocycles. The summed E-state index contributed by atoms with van der Waals surface area (Å²) in [7, 11) is 0. The number of aromatic nitrogens is 3. The van der Waals surface area contributed by atoms with E-state index in [0.29, 0.717) is 16.9 Å². The molecule has 0 aliphatic carbocycles. The molecule has 3 aromatic heterocycles. The van der Waals surface area contributed by atoms with E-state index < -0.39 is 0 Å². The van der Waals surface area contributed by atoms with Crippen molar-refractivity contribution in [2.75, 3.05) is 0 Å².